The molecule has 0 aromatic heterocycles. The molecular formula is C18H28ClN3O2. The fraction of sp³-hybridized carbons (Fsp3) is 0.556. The van der Waals surface area contributed by atoms with Crippen molar-refractivity contribution in [1.29, 1.82) is 0 Å². The van der Waals surface area contributed by atoms with Crippen LogP contribution in [0.15, 0.2) is 30.3 Å². The minimum Gasteiger partial charge on any atom is -0.354 e. The van der Waals surface area contributed by atoms with Crippen LogP contribution in [0.2, 0.25) is 0 Å². The average molecular weight is 354 g/mol. The van der Waals surface area contributed by atoms with E-state index in [0.717, 1.165) is 31.2 Å². The van der Waals surface area contributed by atoms with Gasteiger partial charge in [0.15, 0.2) is 0 Å². The fourth-order valence-corrected chi connectivity index (χ4v) is 3.02. The summed E-state index contributed by atoms with van der Waals surface area (Å²) in [6, 6.07) is 9.68. The van der Waals surface area contributed by atoms with E-state index in [1.807, 2.05) is 35.2 Å². The highest BCUT2D eigenvalue weighted by Crippen LogP contribution is 2.26. The summed E-state index contributed by atoms with van der Waals surface area (Å²) in [4.78, 5) is 26.4. The second-order valence-corrected chi connectivity index (χ2v) is 6.02. The number of benzene rings is 1. The predicted molar refractivity (Wildman–Crippen MR) is 97.9 cm³/mol. The van der Waals surface area contributed by atoms with Crippen LogP contribution < -0.4 is 11.1 Å². The number of hydrogen-bond donors (Lipinski definition) is 2. The second kappa shape index (κ2) is 11.0. The average Bonchev–Trinajstić information content (AvgIpc) is 2.77. The number of unbranched alkanes of at least 4 members (excludes halogenated alkanes) is 3. The van der Waals surface area contributed by atoms with Crippen molar-refractivity contribution in [3.05, 3.63) is 35.9 Å². The summed E-state index contributed by atoms with van der Waals surface area (Å²) in [6.45, 7) is 1.82. The van der Waals surface area contributed by atoms with Crippen LogP contribution in [0.5, 0.6) is 0 Å². The van der Waals surface area contributed by atoms with E-state index < -0.39 is 0 Å². The SMILES string of the molecule is Cl.NCCCCCCC(=O)N1CCNC(=O)CC1c1ccccc1. The standard InChI is InChI=1S/C18H27N3O2.ClH/c19-11-7-2-1-6-10-18(23)21-13-12-20-17(22)14-16(21)15-8-4-3-5-9-15;/h3-5,8-9,16H,1-2,6-7,10-14,19H2,(H,20,22);1H. The van der Waals surface area contributed by atoms with Crippen molar-refractivity contribution in [1.82, 2.24) is 10.2 Å². The van der Waals surface area contributed by atoms with Crippen LogP contribution in [0.25, 0.3) is 0 Å². The number of hydrogen-bond acceptors (Lipinski definition) is 3. The zero-order chi connectivity index (χ0) is 16.5. The summed E-state index contributed by atoms with van der Waals surface area (Å²) in [6.07, 6.45) is 4.89. The molecule has 1 unspecified atom stereocenters. The Morgan fingerprint density at radius 2 is 1.88 bits per heavy atom. The Morgan fingerprint density at radius 1 is 1.17 bits per heavy atom. The van der Waals surface area contributed by atoms with Crippen LogP contribution >= 0.6 is 12.4 Å². The van der Waals surface area contributed by atoms with Gasteiger partial charge >= 0.3 is 0 Å². The molecule has 1 aliphatic heterocycles. The van der Waals surface area contributed by atoms with E-state index in [2.05, 4.69) is 5.32 Å². The monoisotopic (exact) mass is 353 g/mol. The van der Waals surface area contributed by atoms with Crippen LogP contribution in [0, 0.1) is 0 Å². The van der Waals surface area contributed by atoms with Gasteiger partial charge < -0.3 is 16.0 Å². The quantitative estimate of drug-likeness (QED) is 0.739. The Balaban J connectivity index is 0.00000288. The van der Waals surface area contributed by atoms with Gasteiger partial charge in [-0.2, -0.15) is 0 Å². The molecule has 3 N–H and O–H groups in total. The number of nitrogens with one attached hydrogen (secondary N) is 1. The Hall–Kier alpha value is -1.59. The van der Waals surface area contributed by atoms with E-state index >= 15 is 0 Å². The number of nitrogens with zero attached hydrogens (tertiary/aromatic N) is 1. The maximum absolute atomic E-state index is 12.6. The summed E-state index contributed by atoms with van der Waals surface area (Å²) in [7, 11) is 0. The highest BCUT2D eigenvalue weighted by molar-refractivity contribution is 5.85. The van der Waals surface area contributed by atoms with Gasteiger partial charge in [0.1, 0.15) is 0 Å². The molecule has 0 bridgehead atoms. The highest BCUT2D eigenvalue weighted by atomic mass is 35.5. The lowest BCUT2D eigenvalue weighted by atomic mass is 10.0. The maximum Gasteiger partial charge on any atom is 0.223 e. The Bertz CT molecular complexity index is 510. The van der Waals surface area contributed by atoms with Crippen molar-refractivity contribution < 1.29 is 9.59 Å². The van der Waals surface area contributed by atoms with E-state index in [0.29, 0.717) is 32.5 Å². The van der Waals surface area contributed by atoms with Crippen molar-refractivity contribution >= 4 is 24.2 Å². The molecule has 5 nitrogen and oxygen atoms in total. The van der Waals surface area contributed by atoms with Crippen molar-refractivity contribution in [3.8, 4) is 0 Å². The highest BCUT2D eigenvalue weighted by Gasteiger charge is 2.29. The summed E-state index contributed by atoms with van der Waals surface area (Å²) < 4.78 is 0. The zero-order valence-corrected chi connectivity index (χ0v) is 14.9. The molecule has 1 saturated heterocycles. The third-order valence-electron chi connectivity index (χ3n) is 4.28. The van der Waals surface area contributed by atoms with Crippen molar-refractivity contribution in [2.45, 2.75) is 44.6 Å². The van der Waals surface area contributed by atoms with Crippen LogP contribution in [-0.4, -0.2) is 36.3 Å². The minimum absolute atomic E-state index is 0. The van der Waals surface area contributed by atoms with Crippen molar-refractivity contribution in [2.24, 2.45) is 5.73 Å². The molecule has 0 saturated carbocycles. The van der Waals surface area contributed by atoms with Crippen LogP contribution in [0.1, 0.15) is 50.1 Å². The fourth-order valence-electron chi connectivity index (χ4n) is 3.02. The van der Waals surface area contributed by atoms with Gasteiger partial charge in [-0.1, -0.05) is 43.2 Å². The first kappa shape index (κ1) is 20.5. The normalized spacial score (nSPS) is 17.6. The molecule has 2 amide bonds. The molecule has 1 atom stereocenters. The van der Waals surface area contributed by atoms with Gasteiger partial charge in [0, 0.05) is 19.5 Å². The first-order valence-corrected chi connectivity index (χ1v) is 8.53. The van der Waals surface area contributed by atoms with Crippen molar-refractivity contribution in [3.63, 3.8) is 0 Å². The predicted octanol–water partition coefficient (Wildman–Crippen LogP) is 2.41. The second-order valence-electron chi connectivity index (χ2n) is 6.02. The molecule has 24 heavy (non-hydrogen) atoms. The largest absolute Gasteiger partial charge is 0.354 e. The summed E-state index contributed by atoms with van der Waals surface area (Å²) in [5.41, 5.74) is 6.52. The van der Waals surface area contributed by atoms with Gasteiger partial charge in [0.25, 0.3) is 0 Å². The Kier molecular flexibility index (Phi) is 9.42. The number of carbonyl (C=O) groups excluding carboxylic acids is 2. The van der Waals surface area contributed by atoms with E-state index in [1.165, 1.54) is 0 Å². The molecule has 0 spiro atoms. The Labute approximate surface area is 150 Å². The lowest BCUT2D eigenvalue weighted by Crippen LogP contribution is -2.36. The molecule has 1 fully saturated rings. The van der Waals surface area contributed by atoms with E-state index in [1.54, 1.807) is 0 Å². The van der Waals surface area contributed by atoms with E-state index in [9.17, 15) is 9.59 Å². The van der Waals surface area contributed by atoms with E-state index in [4.69, 9.17) is 5.73 Å². The van der Waals surface area contributed by atoms with Gasteiger partial charge in [-0.3, -0.25) is 9.59 Å². The summed E-state index contributed by atoms with van der Waals surface area (Å²) >= 11 is 0. The third-order valence-corrected chi connectivity index (χ3v) is 4.28. The lowest BCUT2D eigenvalue weighted by molar-refractivity contribution is -0.133. The van der Waals surface area contributed by atoms with Crippen LogP contribution in [0.3, 0.4) is 0 Å². The lowest BCUT2D eigenvalue weighted by Gasteiger charge is -2.29. The number of rotatable bonds is 7. The van der Waals surface area contributed by atoms with Gasteiger partial charge in [-0.05, 0) is 24.9 Å². The van der Waals surface area contributed by atoms with E-state index in [-0.39, 0.29) is 30.3 Å². The molecule has 1 aliphatic rings. The first-order valence-electron chi connectivity index (χ1n) is 8.53. The molecule has 134 valence electrons. The minimum atomic E-state index is -0.157. The molecule has 1 aromatic carbocycles. The number of amides is 2. The molecular weight excluding hydrogens is 326 g/mol. The molecule has 1 aromatic rings. The first-order chi connectivity index (χ1) is 11.2. The third kappa shape index (κ3) is 6.13. The number of nitrogens with two attached hydrogens (primary N) is 1. The summed E-state index contributed by atoms with van der Waals surface area (Å²) in [5, 5.41) is 2.87. The molecule has 2 rings (SSSR count). The molecule has 0 radical (unpaired) electrons. The van der Waals surface area contributed by atoms with Crippen LogP contribution in [-0.2, 0) is 9.59 Å². The van der Waals surface area contributed by atoms with Gasteiger partial charge in [0.05, 0.1) is 12.5 Å². The zero-order valence-electron chi connectivity index (χ0n) is 14.1. The van der Waals surface area contributed by atoms with Crippen LogP contribution in [0.4, 0.5) is 0 Å². The topological polar surface area (TPSA) is 75.4 Å². The molecule has 0 aliphatic carbocycles. The van der Waals surface area contributed by atoms with Crippen molar-refractivity contribution in [2.75, 3.05) is 19.6 Å². The maximum atomic E-state index is 12.6. The van der Waals surface area contributed by atoms with Gasteiger partial charge in [-0.25, -0.2) is 0 Å². The smallest absolute Gasteiger partial charge is 0.223 e. The summed E-state index contributed by atoms with van der Waals surface area (Å²) in [5.74, 6) is 0.153. The number of carbonyl (C=O) groups is 2. The van der Waals surface area contributed by atoms with Gasteiger partial charge in [0.2, 0.25) is 11.8 Å². The van der Waals surface area contributed by atoms with Gasteiger partial charge in [-0.15, -0.1) is 12.4 Å². The molecule has 6 heteroatoms. The number of halogens is 1. The molecule has 1 heterocycles. The Morgan fingerprint density at radius 3 is 2.58 bits per heavy atom.